The number of aliphatic hydroxyl groups excluding tert-OH is 1. The Bertz CT molecular complexity index is 423. The molecule has 1 aromatic carbocycles. The molecule has 0 radical (unpaired) electrons. The van der Waals surface area contributed by atoms with E-state index in [0.29, 0.717) is 23.8 Å². The number of halogens is 1. The molecule has 0 aliphatic rings. The number of carbonyl (C=O) groups excluding carboxylic acids is 1. The van der Waals surface area contributed by atoms with Gasteiger partial charge in [-0.15, -0.1) is 0 Å². The maximum absolute atomic E-state index is 12.1. The SMILES string of the molecule is COc1ccc(Br)c(C(=O)NC[C@H](C)CCCO)c1. The van der Waals surface area contributed by atoms with E-state index >= 15 is 0 Å². The van der Waals surface area contributed by atoms with E-state index in [1.807, 2.05) is 0 Å². The van der Waals surface area contributed by atoms with Crippen LogP contribution in [-0.2, 0) is 0 Å². The molecule has 0 aliphatic carbocycles. The van der Waals surface area contributed by atoms with Crippen LogP contribution in [0.1, 0.15) is 30.1 Å². The van der Waals surface area contributed by atoms with Crippen LogP contribution in [0.2, 0.25) is 0 Å². The molecule has 0 aromatic heterocycles. The Labute approximate surface area is 122 Å². The maximum Gasteiger partial charge on any atom is 0.252 e. The monoisotopic (exact) mass is 329 g/mol. The Morgan fingerprint density at radius 3 is 2.89 bits per heavy atom. The van der Waals surface area contributed by atoms with E-state index in [2.05, 4.69) is 28.2 Å². The lowest BCUT2D eigenvalue weighted by atomic mass is 10.1. The summed E-state index contributed by atoms with van der Waals surface area (Å²) >= 11 is 3.36. The zero-order valence-electron chi connectivity index (χ0n) is 11.3. The number of hydrogen-bond acceptors (Lipinski definition) is 3. The Balaban J connectivity index is 2.58. The summed E-state index contributed by atoms with van der Waals surface area (Å²) in [6, 6.07) is 5.30. The number of hydrogen-bond donors (Lipinski definition) is 2. The summed E-state index contributed by atoms with van der Waals surface area (Å²) in [5, 5.41) is 11.7. The molecule has 1 amide bonds. The van der Waals surface area contributed by atoms with E-state index in [0.717, 1.165) is 17.3 Å². The van der Waals surface area contributed by atoms with Crippen molar-refractivity contribution in [2.45, 2.75) is 19.8 Å². The zero-order chi connectivity index (χ0) is 14.3. The van der Waals surface area contributed by atoms with Gasteiger partial charge in [0.1, 0.15) is 5.75 Å². The quantitative estimate of drug-likeness (QED) is 0.808. The molecule has 0 spiro atoms. The van der Waals surface area contributed by atoms with Gasteiger partial charge in [0, 0.05) is 17.6 Å². The molecule has 2 N–H and O–H groups in total. The Hall–Kier alpha value is -1.07. The predicted octanol–water partition coefficient (Wildman–Crippen LogP) is 2.60. The highest BCUT2D eigenvalue weighted by molar-refractivity contribution is 9.10. The second-order valence-electron chi connectivity index (χ2n) is 4.53. The predicted molar refractivity (Wildman–Crippen MR) is 78.5 cm³/mol. The summed E-state index contributed by atoms with van der Waals surface area (Å²) in [5.41, 5.74) is 0.564. The first-order chi connectivity index (χ1) is 9.08. The molecule has 4 nitrogen and oxygen atoms in total. The van der Waals surface area contributed by atoms with Gasteiger partial charge in [0.2, 0.25) is 0 Å². The van der Waals surface area contributed by atoms with Crippen molar-refractivity contribution in [3.05, 3.63) is 28.2 Å². The molecule has 0 saturated heterocycles. The molecule has 0 heterocycles. The van der Waals surface area contributed by atoms with Crippen molar-refractivity contribution >= 4 is 21.8 Å². The third-order valence-electron chi connectivity index (χ3n) is 2.88. The topological polar surface area (TPSA) is 58.6 Å². The third-order valence-corrected chi connectivity index (χ3v) is 3.58. The van der Waals surface area contributed by atoms with Crippen LogP contribution in [-0.4, -0.2) is 31.3 Å². The van der Waals surface area contributed by atoms with Gasteiger partial charge in [-0.05, 0) is 52.9 Å². The summed E-state index contributed by atoms with van der Waals surface area (Å²) < 4.78 is 5.85. The minimum absolute atomic E-state index is 0.123. The van der Waals surface area contributed by atoms with Crippen LogP contribution in [0.25, 0.3) is 0 Å². The Morgan fingerprint density at radius 1 is 1.53 bits per heavy atom. The number of nitrogens with one attached hydrogen (secondary N) is 1. The summed E-state index contributed by atoms with van der Waals surface area (Å²) in [7, 11) is 1.57. The average molecular weight is 330 g/mol. The van der Waals surface area contributed by atoms with Crippen molar-refractivity contribution in [3.63, 3.8) is 0 Å². The smallest absolute Gasteiger partial charge is 0.252 e. The van der Waals surface area contributed by atoms with E-state index in [1.165, 1.54) is 0 Å². The molecule has 0 fully saturated rings. The van der Waals surface area contributed by atoms with Gasteiger partial charge >= 0.3 is 0 Å². The van der Waals surface area contributed by atoms with Crippen molar-refractivity contribution in [1.82, 2.24) is 5.32 Å². The first-order valence-electron chi connectivity index (χ1n) is 6.31. The van der Waals surface area contributed by atoms with E-state index in [1.54, 1.807) is 25.3 Å². The molecule has 1 rings (SSSR count). The lowest BCUT2D eigenvalue weighted by Crippen LogP contribution is -2.28. The summed E-state index contributed by atoms with van der Waals surface area (Å²) in [5.74, 6) is 0.879. The van der Waals surface area contributed by atoms with Gasteiger partial charge in [-0.2, -0.15) is 0 Å². The van der Waals surface area contributed by atoms with Gasteiger partial charge in [-0.25, -0.2) is 0 Å². The van der Waals surface area contributed by atoms with Crippen molar-refractivity contribution in [2.24, 2.45) is 5.92 Å². The molecule has 0 aliphatic heterocycles. The standard InChI is InChI=1S/C14H20BrNO3/c1-10(4-3-7-17)9-16-14(18)12-8-11(19-2)5-6-13(12)15/h5-6,8,10,17H,3-4,7,9H2,1-2H3,(H,16,18)/t10-/m1/s1. The average Bonchev–Trinajstić information content (AvgIpc) is 2.43. The van der Waals surface area contributed by atoms with Crippen LogP contribution in [0.15, 0.2) is 22.7 Å². The van der Waals surface area contributed by atoms with E-state index in [4.69, 9.17) is 9.84 Å². The molecule has 1 aromatic rings. The molecule has 0 bridgehead atoms. The van der Waals surface area contributed by atoms with Crippen molar-refractivity contribution in [1.29, 1.82) is 0 Å². The van der Waals surface area contributed by atoms with Crippen LogP contribution < -0.4 is 10.1 Å². The largest absolute Gasteiger partial charge is 0.497 e. The minimum Gasteiger partial charge on any atom is -0.497 e. The minimum atomic E-state index is -0.123. The van der Waals surface area contributed by atoms with Crippen molar-refractivity contribution in [2.75, 3.05) is 20.3 Å². The molecule has 5 heteroatoms. The fraction of sp³-hybridized carbons (Fsp3) is 0.500. The normalized spacial score (nSPS) is 12.0. The summed E-state index contributed by atoms with van der Waals surface area (Å²) in [6.07, 6.45) is 1.66. The zero-order valence-corrected chi connectivity index (χ0v) is 12.9. The summed E-state index contributed by atoms with van der Waals surface area (Å²) in [6.45, 7) is 2.85. The molecular formula is C14H20BrNO3. The Morgan fingerprint density at radius 2 is 2.26 bits per heavy atom. The number of benzene rings is 1. The number of methoxy groups -OCH3 is 1. The molecule has 19 heavy (non-hydrogen) atoms. The number of amides is 1. The summed E-state index contributed by atoms with van der Waals surface area (Å²) in [4.78, 5) is 12.1. The fourth-order valence-electron chi connectivity index (χ4n) is 1.71. The van der Waals surface area contributed by atoms with Crippen molar-refractivity contribution in [3.8, 4) is 5.75 Å². The van der Waals surface area contributed by atoms with Crippen LogP contribution in [0.5, 0.6) is 5.75 Å². The molecular weight excluding hydrogens is 310 g/mol. The molecule has 106 valence electrons. The van der Waals surface area contributed by atoms with Gasteiger partial charge < -0.3 is 15.2 Å². The molecule has 0 saturated carbocycles. The Kier molecular flexibility index (Phi) is 6.87. The van der Waals surface area contributed by atoms with E-state index in [-0.39, 0.29) is 12.5 Å². The second kappa shape index (κ2) is 8.17. The molecule has 0 unspecified atom stereocenters. The van der Waals surface area contributed by atoms with Gasteiger partial charge in [-0.1, -0.05) is 6.92 Å². The highest BCUT2D eigenvalue weighted by Crippen LogP contribution is 2.22. The third kappa shape index (κ3) is 5.20. The van der Waals surface area contributed by atoms with E-state index in [9.17, 15) is 4.79 Å². The number of ether oxygens (including phenoxy) is 1. The first-order valence-corrected chi connectivity index (χ1v) is 7.10. The molecule has 1 atom stereocenters. The highest BCUT2D eigenvalue weighted by atomic mass is 79.9. The van der Waals surface area contributed by atoms with Crippen molar-refractivity contribution < 1.29 is 14.6 Å². The second-order valence-corrected chi connectivity index (χ2v) is 5.38. The highest BCUT2D eigenvalue weighted by Gasteiger charge is 2.12. The fourth-order valence-corrected chi connectivity index (χ4v) is 2.14. The van der Waals surface area contributed by atoms with Gasteiger partial charge in [0.25, 0.3) is 5.91 Å². The number of carbonyl (C=O) groups is 1. The first kappa shape index (κ1) is 16.0. The lowest BCUT2D eigenvalue weighted by Gasteiger charge is -2.13. The lowest BCUT2D eigenvalue weighted by molar-refractivity contribution is 0.0946. The van der Waals surface area contributed by atoms with Gasteiger partial charge in [-0.3, -0.25) is 4.79 Å². The van der Waals surface area contributed by atoms with Gasteiger partial charge in [0.15, 0.2) is 0 Å². The van der Waals surface area contributed by atoms with Crippen LogP contribution in [0.4, 0.5) is 0 Å². The number of rotatable bonds is 7. The van der Waals surface area contributed by atoms with E-state index < -0.39 is 0 Å². The van der Waals surface area contributed by atoms with Crippen LogP contribution in [0.3, 0.4) is 0 Å². The van der Waals surface area contributed by atoms with Crippen LogP contribution >= 0.6 is 15.9 Å². The maximum atomic E-state index is 12.1. The van der Waals surface area contributed by atoms with Gasteiger partial charge in [0.05, 0.1) is 12.7 Å². The van der Waals surface area contributed by atoms with Crippen LogP contribution in [0, 0.1) is 5.92 Å². The number of aliphatic hydroxyl groups is 1.